The van der Waals surface area contributed by atoms with Gasteiger partial charge in [-0.2, -0.15) is 0 Å². The van der Waals surface area contributed by atoms with Crippen molar-refractivity contribution < 1.29 is 0 Å². The monoisotopic (exact) mass is 829 g/mol. The number of aromatic nitrogens is 1. The second-order valence-corrected chi connectivity index (χ2v) is 16.6. The van der Waals surface area contributed by atoms with Crippen LogP contribution in [-0.4, -0.2) is 4.57 Å². The van der Waals surface area contributed by atoms with Crippen LogP contribution in [0.3, 0.4) is 0 Å². The molecule has 1 aromatic heterocycles. The van der Waals surface area contributed by atoms with Crippen molar-refractivity contribution >= 4 is 77.5 Å². The lowest BCUT2D eigenvalue weighted by molar-refractivity contribution is 1.18. The molecule has 0 spiro atoms. The van der Waals surface area contributed by atoms with Gasteiger partial charge in [0.25, 0.3) is 0 Å². The van der Waals surface area contributed by atoms with E-state index < -0.39 is 0 Å². The van der Waals surface area contributed by atoms with Crippen molar-refractivity contribution in [2.45, 2.75) is 0 Å². The van der Waals surface area contributed by atoms with Crippen LogP contribution in [0.2, 0.25) is 0 Å². The fourth-order valence-electron chi connectivity index (χ4n) is 9.74. The SMILES string of the molecule is c1ccc(-c2ccc(N(c3ccccc3)c3cc(-c4cc5ccccc5c5ccccc45)cc(N(c4ccccc4)c4ccc5c6ccccc6n(-c6ccccc6)c5c4)c3)cc2)cc1. The fraction of sp³-hybridized carbons (Fsp3) is 0. The van der Waals surface area contributed by atoms with Gasteiger partial charge in [-0.1, -0.05) is 170 Å². The van der Waals surface area contributed by atoms with Gasteiger partial charge in [-0.15, -0.1) is 0 Å². The third-order valence-electron chi connectivity index (χ3n) is 12.7. The first-order valence-electron chi connectivity index (χ1n) is 22.3. The zero-order chi connectivity index (χ0) is 43.1. The largest absolute Gasteiger partial charge is 0.310 e. The minimum Gasteiger partial charge on any atom is -0.310 e. The Kier molecular flexibility index (Phi) is 9.50. The van der Waals surface area contributed by atoms with E-state index in [0.717, 1.165) is 50.9 Å². The van der Waals surface area contributed by atoms with E-state index in [-0.39, 0.29) is 0 Å². The molecule has 0 aliphatic heterocycles. The second-order valence-electron chi connectivity index (χ2n) is 16.6. The average molecular weight is 830 g/mol. The highest BCUT2D eigenvalue weighted by Gasteiger charge is 2.22. The Morgan fingerprint density at radius 2 is 0.723 bits per heavy atom. The Bertz CT molecular complexity index is 3640. The summed E-state index contributed by atoms with van der Waals surface area (Å²) in [5.41, 5.74) is 14.5. The molecule has 0 aliphatic rings. The number of hydrogen-bond donors (Lipinski definition) is 0. The molecule has 0 saturated heterocycles. The molecule has 1 heterocycles. The normalized spacial score (nSPS) is 11.4. The van der Waals surface area contributed by atoms with Gasteiger partial charge in [-0.05, 0) is 135 Å². The van der Waals surface area contributed by atoms with Gasteiger partial charge in [-0.3, -0.25) is 0 Å². The van der Waals surface area contributed by atoms with Gasteiger partial charge in [-0.25, -0.2) is 0 Å². The Balaban J connectivity index is 1.13. The van der Waals surface area contributed by atoms with Crippen molar-refractivity contribution in [1.29, 1.82) is 0 Å². The Hall–Kier alpha value is -8.66. The maximum Gasteiger partial charge on any atom is 0.0561 e. The first-order chi connectivity index (χ1) is 32.2. The molecule has 3 nitrogen and oxygen atoms in total. The van der Waals surface area contributed by atoms with E-state index >= 15 is 0 Å². The zero-order valence-corrected chi connectivity index (χ0v) is 35.7. The number of para-hydroxylation sites is 4. The molecule has 0 atom stereocenters. The van der Waals surface area contributed by atoms with Crippen LogP contribution >= 0.6 is 0 Å². The van der Waals surface area contributed by atoms with Gasteiger partial charge in [0, 0.05) is 50.6 Å². The molecule has 3 heteroatoms. The maximum atomic E-state index is 2.42. The number of fused-ring (bicyclic) bond motifs is 6. The van der Waals surface area contributed by atoms with Crippen molar-refractivity contribution in [2.75, 3.05) is 9.80 Å². The van der Waals surface area contributed by atoms with E-state index in [9.17, 15) is 0 Å². The van der Waals surface area contributed by atoms with E-state index in [4.69, 9.17) is 0 Å². The average Bonchev–Trinajstić information content (AvgIpc) is 3.71. The number of rotatable bonds is 9. The van der Waals surface area contributed by atoms with Gasteiger partial charge in [0.05, 0.1) is 11.0 Å². The topological polar surface area (TPSA) is 11.4 Å². The fourth-order valence-corrected chi connectivity index (χ4v) is 9.74. The Morgan fingerprint density at radius 3 is 1.40 bits per heavy atom. The Labute approximate surface area is 378 Å². The van der Waals surface area contributed by atoms with Gasteiger partial charge in [0.15, 0.2) is 0 Å². The smallest absolute Gasteiger partial charge is 0.0561 e. The highest BCUT2D eigenvalue weighted by atomic mass is 15.2. The van der Waals surface area contributed by atoms with Gasteiger partial charge in [0.1, 0.15) is 0 Å². The summed E-state index contributed by atoms with van der Waals surface area (Å²) in [6.45, 7) is 0. The standard InChI is InChI=1S/C62H43N3/c1-5-19-44(20-6-1)45-33-35-51(36-34-45)63(48-22-7-2-8-23-48)53-39-47(60-41-46-21-13-14-28-55(46)56-29-15-16-30-57(56)60)40-54(42-53)64(49-24-9-3-10-25-49)52-37-38-59-58-31-17-18-32-61(58)65(62(59)43-52)50-26-11-4-12-27-50/h1-43H. The Morgan fingerprint density at radius 1 is 0.246 bits per heavy atom. The maximum absolute atomic E-state index is 2.42. The first-order valence-corrected chi connectivity index (χ1v) is 22.3. The molecule has 65 heavy (non-hydrogen) atoms. The number of nitrogens with zero attached hydrogens (tertiary/aromatic N) is 3. The van der Waals surface area contributed by atoms with Crippen molar-refractivity contribution in [2.24, 2.45) is 0 Å². The van der Waals surface area contributed by atoms with Crippen LogP contribution in [0, 0.1) is 0 Å². The summed E-state index contributed by atoms with van der Waals surface area (Å²) >= 11 is 0. The number of anilines is 6. The summed E-state index contributed by atoms with van der Waals surface area (Å²) in [6.07, 6.45) is 0. The van der Waals surface area contributed by atoms with Crippen LogP contribution in [0.1, 0.15) is 0 Å². The highest BCUT2D eigenvalue weighted by Crippen LogP contribution is 2.46. The van der Waals surface area contributed by atoms with E-state index in [1.165, 1.54) is 54.5 Å². The predicted octanol–water partition coefficient (Wildman–Crippen LogP) is 17.4. The molecule has 12 aromatic rings. The molecule has 12 rings (SSSR count). The van der Waals surface area contributed by atoms with Gasteiger partial charge >= 0.3 is 0 Å². The van der Waals surface area contributed by atoms with Gasteiger partial charge in [0.2, 0.25) is 0 Å². The molecule has 0 unspecified atom stereocenters. The van der Waals surface area contributed by atoms with Crippen LogP contribution in [0.25, 0.3) is 71.3 Å². The summed E-state index contributed by atoms with van der Waals surface area (Å²) < 4.78 is 2.40. The quantitative estimate of drug-likeness (QED) is 0.134. The molecule has 306 valence electrons. The molecule has 0 N–H and O–H groups in total. The summed E-state index contributed by atoms with van der Waals surface area (Å²) in [5, 5.41) is 7.36. The van der Waals surface area contributed by atoms with Crippen LogP contribution in [0.5, 0.6) is 0 Å². The highest BCUT2D eigenvalue weighted by molar-refractivity contribution is 6.14. The predicted molar refractivity (Wildman–Crippen MR) is 276 cm³/mol. The van der Waals surface area contributed by atoms with E-state index in [1.54, 1.807) is 0 Å². The third-order valence-corrected chi connectivity index (χ3v) is 12.7. The van der Waals surface area contributed by atoms with Crippen molar-refractivity contribution in [1.82, 2.24) is 4.57 Å². The number of hydrogen-bond acceptors (Lipinski definition) is 2. The minimum atomic E-state index is 1.05. The molecule has 0 bridgehead atoms. The molecular weight excluding hydrogens is 787 g/mol. The number of benzene rings is 11. The van der Waals surface area contributed by atoms with Crippen molar-refractivity contribution in [3.63, 3.8) is 0 Å². The van der Waals surface area contributed by atoms with Crippen molar-refractivity contribution in [3.05, 3.63) is 261 Å². The summed E-state index contributed by atoms with van der Waals surface area (Å²) in [6, 6.07) is 94.6. The lowest BCUT2D eigenvalue weighted by atomic mass is 9.92. The molecule has 0 amide bonds. The molecule has 11 aromatic carbocycles. The van der Waals surface area contributed by atoms with E-state index in [0.29, 0.717) is 0 Å². The van der Waals surface area contributed by atoms with Gasteiger partial charge < -0.3 is 14.4 Å². The van der Waals surface area contributed by atoms with Crippen LogP contribution in [0.4, 0.5) is 34.1 Å². The summed E-state index contributed by atoms with van der Waals surface area (Å²) in [4.78, 5) is 4.81. The lowest BCUT2D eigenvalue weighted by Crippen LogP contribution is -2.13. The zero-order valence-electron chi connectivity index (χ0n) is 35.7. The third kappa shape index (κ3) is 6.87. The minimum absolute atomic E-state index is 1.05. The van der Waals surface area contributed by atoms with E-state index in [1.807, 2.05) is 0 Å². The molecular formula is C62H43N3. The molecule has 0 saturated carbocycles. The van der Waals surface area contributed by atoms with E-state index in [2.05, 4.69) is 275 Å². The lowest BCUT2D eigenvalue weighted by Gasteiger charge is -2.30. The van der Waals surface area contributed by atoms with Crippen LogP contribution in [-0.2, 0) is 0 Å². The molecule has 0 fully saturated rings. The van der Waals surface area contributed by atoms with Crippen LogP contribution < -0.4 is 9.80 Å². The van der Waals surface area contributed by atoms with Crippen LogP contribution in [0.15, 0.2) is 261 Å². The second kappa shape index (κ2) is 16.2. The molecule has 0 radical (unpaired) electrons. The van der Waals surface area contributed by atoms with Crippen molar-refractivity contribution in [3.8, 4) is 27.9 Å². The first kappa shape index (κ1) is 38.0. The summed E-state index contributed by atoms with van der Waals surface area (Å²) in [7, 11) is 0. The summed E-state index contributed by atoms with van der Waals surface area (Å²) in [5.74, 6) is 0. The molecule has 0 aliphatic carbocycles.